The van der Waals surface area contributed by atoms with Crippen LogP contribution in [0.15, 0.2) is 36.4 Å². The maximum absolute atomic E-state index is 11.1. The molecule has 2 aromatic rings. The number of aromatic hydroxyl groups is 1. The summed E-state index contributed by atoms with van der Waals surface area (Å²) in [5.74, 6) is 0.766. The summed E-state index contributed by atoms with van der Waals surface area (Å²) in [6.07, 6.45) is 0. The molecule has 1 heterocycles. The number of halogens is 1. The second kappa shape index (κ2) is 7.42. The lowest BCUT2D eigenvalue weighted by Gasteiger charge is -2.01. The van der Waals surface area contributed by atoms with Gasteiger partial charge in [-0.2, -0.15) is 0 Å². The van der Waals surface area contributed by atoms with Crippen molar-refractivity contribution in [2.24, 2.45) is 0 Å². The Morgan fingerprint density at radius 2 is 1.83 bits per heavy atom. The van der Waals surface area contributed by atoms with E-state index in [0.717, 1.165) is 22.4 Å². The van der Waals surface area contributed by atoms with E-state index >= 15 is 0 Å². The van der Waals surface area contributed by atoms with Gasteiger partial charge < -0.3 is 9.84 Å². The van der Waals surface area contributed by atoms with Gasteiger partial charge in [-0.15, -0.1) is 0 Å². The first-order valence-corrected chi connectivity index (χ1v) is 8.20. The van der Waals surface area contributed by atoms with Crippen LogP contribution < -0.4 is 4.74 Å². The van der Waals surface area contributed by atoms with Crippen LogP contribution in [0, 0.1) is 13.8 Å². The molecule has 0 atom stereocenters. The van der Waals surface area contributed by atoms with Crippen molar-refractivity contribution in [3.63, 3.8) is 0 Å². The molecule has 5 heteroatoms. The highest BCUT2D eigenvalue weighted by Crippen LogP contribution is 2.25. The molecule has 1 aliphatic heterocycles. The maximum atomic E-state index is 11.1. The molecule has 0 spiro atoms. The summed E-state index contributed by atoms with van der Waals surface area (Å²) < 4.78 is 5.14. The van der Waals surface area contributed by atoms with E-state index in [2.05, 4.69) is 15.9 Å². The van der Waals surface area contributed by atoms with Crippen molar-refractivity contribution in [1.29, 1.82) is 0 Å². The van der Waals surface area contributed by atoms with Gasteiger partial charge in [-0.25, -0.2) is 0 Å². The molecule has 0 amide bonds. The van der Waals surface area contributed by atoms with Gasteiger partial charge in [0.2, 0.25) is 5.78 Å². The number of carbonyl (C=O) groups is 2. The number of benzene rings is 2. The number of phenolic OH excluding ortho intramolecular Hbond substituents is 1. The first-order chi connectivity index (χ1) is 10.9. The van der Waals surface area contributed by atoms with E-state index in [0.29, 0.717) is 5.56 Å². The van der Waals surface area contributed by atoms with Crippen LogP contribution in [0.4, 0.5) is 0 Å². The zero-order valence-corrected chi connectivity index (χ0v) is 14.5. The van der Waals surface area contributed by atoms with Crippen molar-refractivity contribution >= 4 is 27.5 Å². The molecule has 0 bridgehead atoms. The molecule has 1 aliphatic rings. The predicted octanol–water partition coefficient (Wildman–Crippen LogP) is 3.85. The monoisotopic (exact) mass is 376 g/mol. The topological polar surface area (TPSA) is 63.6 Å². The number of fused-ring (bicyclic) bond motifs is 1. The molecule has 0 saturated heterocycles. The molecule has 0 unspecified atom stereocenters. The van der Waals surface area contributed by atoms with E-state index in [-0.39, 0.29) is 29.3 Å². The fourth-order valence-corrected chi connectivity index (χ4v) is 2.45. The van der Waals surface area contributed by atoms with Gasteiger partial charge in [-0.1, -0.05) is 28.1 Å². The Hall–Kier alpha value is -2.14. The molecular weight excluding hydrogens is 360 g/mol. The lowest BCUT2D eigenvalue weighted by molar-refractivity contribution is 0.0960. The fourth-order valence-electron chi connectivity index (χ4n) is 2.15. The zero-order chi connectivity index (χ0) is 17.0. The lowest BCUT2D eigenvalue weighted by atomic mass is 10.1. The average molecular weight is 377 g/mol. The van der Waals surface area contributed by atoms with Crippen LogP contribution in [0.1, 0.15) is 31.8 Å². The first kappa shape index (κ1) is 17.2. The molecule has 3 rings (SSSR count). The van der Waals surface area contributed by atoms with E-state index in [9.17, 15) is 14.7 Å². The summed E-state index contributed by atoms with van der Waals surface area (Å²) in [6.45, 7) is 4.05. The van der Waals surface area contributed by atoms with Gasteiger partial charge in [-0.3, -0.25) is 9.59 Å². The van der Waals surface area contributed by atoms with Crippen LogP contribution >= 0.6 is 15.9 Å². The standard InChI is InChI=1S/C9H9BrO2.C9H8O2/c1-6-2-3-7(8(11)4-6)9(12)5-10;1-6-2-3-7-8(10)5-11-9(7)4-6/h2-4,11H,5H2,1H3;2-4H,5H2,1H3. The minimum atomic E-state index is -0.104. The fraction of sp³-hybridized carbons (Fsp3) is 0.222. The number of hydrogen-bond donors (Lipinski definition) is 1. The van der Waals surface area contributed by atoms with Gasteiger partial charge >= 0.3 is 0 Å². The largest absolute Gasteiger partial charge is 0.507 e. The number of rotatable bonds is 2. The third kappa shape index (κ3) is 4.20. The number of carbonyl (C=O) groups excluding carboxylic acids is 2. The molecule has 0 radical (unpaired) electrons. The first-order valence-electron chi connectivity index (χ1n) is 7.08. The summed E-state index contributed by atoms with van der Waals surface area (Å²) in [5, 5.41) is 9.59. The van der Waals surface area contributed by atoms with Crippen LogP contribution in [0.3, 0.4) is 0 Å². The van der Waals surface area contributed by atoms with Crippen molar-refractivity contribution in [3.05, 3.63) is 58.7 Å². The van der Waals surface area contributed by atoms with Gasteiger partial charge in [0, 0.05) is 0 Å². The van der Waals surface area contributed by atoms with Crippen LogP contribution in [-0.4, -0.2) is 28.6 Å². The van der Waals surface area contributed by atoms with Crippen LogP contribution in [0.5, 0.6) is 11.5 Å². The molecule has 1 N–H and O–H groups in total. The van der Waals surface area contributed by atoms with Gasteiger partial charge in [-0.05, 0) is 49.2 Å². The second-order valence-corrected chi connectivity index (χ2v) is 5.85. The SMILES string of the molecule is Cc1ccc(C(=O)CBr)c(O)c1.Cc1ccc2c(c1)OCC2=O. The molecule has 0 aromatic heterocycles. The highest BCUT2D eigenvalue weighted by atomic mass is 79.9. The number of Topliss-reactive ketones (excluding diaryl/α,β-unsaturated/α-hetero) is 2. The number of hydrogen-bond acceptors (Lipinski definition) is 4. The Morgan fingerprint density at radius 3 is 2.48 bits per heavy atom. The van der Waals surface area contributed by atoms with Crippen molar-refractivity contribution in [1.82, 2.24) is 0 Å². The molecule has 0 fully saturated rings. The quantitative estimate of drug-likeness (QED) is 0.638. The number of aryl methyl sites for hydroxylation is 2. The van der Waals surface area contributed by atoms with Gasteiger partial charge in [0.15, 0.2) is 12.4 Å². The van der Waals surface area contributed by atoms with Crippen molar-refractivity contribution < 1.29 is 19.4 Å². The Morgan fingerprint density at radius 1 is 1.17 bits per heavy atom. The summed E-state index contributed by atoms with van der Waals surface area (Å²) in [5.41, 5.74) is 3.16. The van der Waals surface area contributed by atoms with Gasteiger partial charge in [0.1, 0.15) is 11.5 Å². The number of alkyl halides is 1. The van der Waals surface area contributed by atoms with E-state index in [4.69, 9.17) is 4.74 Å². The molecule has 0 aliphatic carbocycles. The van der Waals surface area contributed by atoms with Crippen LogP contribution in [-0.2, 0) is 0 Å². The lowest BCUT2D eigenvalue weighted by Crippen LogP contribution is -1.99. The molecule has 2 aromatic carbocycles. The van der Waals surface area contributed by atoms with E-state index in [1.54, 1.807) is 18.2 Å². The van der Waals surface area contributed by atoms with Crippen LogP contribution in [0.25, 0.3) is 0 Å². The second-order valence-electron chi connectivity index (χ2n) is 5.29. The average Bonchev–Trinajstić information content (AvgIpc) is 2.88. The molecule has 23 heavy (non-hydrogen) atoms. The van der Waals surface area contributed by atoms with E-state index in [1.807, 2.05) is 32.0 Å². The smallest absolute Gasteiger partial charge is 0.203 e. The highest BCUT2D eigenvalue weighted by molar-refractivity contribution is 9.09. The third-order valence-corrected chi connectivity index (χ3v) is 3.88. The van der Waals surface area contributed by atoms with Crippen molar-refractivity contribution in [2.45, 2.75) is 13.8 Å². The molecule has 120 valence electrons. The molecular formula is C18H17BrO4. The molecule has 0 saturated carbocycles. The maximum Gasteiger partial charge on any atom is 0.203 e. The van der Waals surface area contributed by atoms with Gasteiger partial charge in [0.25, 0.3) is 0 Å². The summed E-state index contributed by atoms with van der Waals surface area (Å²) >= 11 is 3.04. The number of ether oxygens (including phenoxy) is 1. The minimum absolute atomic E-state index is 0.0550. The summed E-state index contributed by atoms with van der Waals surface area (Å²) in [7, 11) is 0. The molecule has 4 nitrogen and oxygen atoms in total. The Labute approximate surface area is 143 Å². The van der Waals surface area contributed by atoms with E-state index < -0.39 is 0 Å². The van der Waals surface area contributed by atoms with E-state index in [1.165, 1.54) is 0 Å². The minimum Gasteiger partial charge on any atom is -0.507 e. The normalized spacial score (nSPS) is 12.0. The summed E-state index contributed by atoms with van der Waals surface area (Å²) in [4.78, 5) is 22.2. The highest BCUT2D eigenvalue weighted by Gasteiger charge is 2.19. The van der Waals surface area contributed by atoms with Crippen LogP contribution in [0.2, 0.25) is 0 Å². The summed E-state index contributed by atoms with van der Waals surface area (Å²) in [6, 6.07) is 10.6. The van der Waals surface area contributed by atoms with Crippen molar-refractivity contribution in [3.8, 4) is 11.5 Å². The number of phenols is 1. The van der Waals surface area contributed by atoms with Crippen molar-refractivity contribution in [2.75, 3.05) is 11.9 Å². The van der Waals surface area contributed by atoms with Gasteiger partial charge in [0.05, 0.1) is 16.5 Å². The zero-order valence-electron chi connectivity index (χ0n) is 12.9. The Kier molecular flexibility index (Phi) is 5.55. The number of ketones is 2. The predicted molar refractivity (Wildman–Crippen MR) is 92.0 cm³/mol. The third-order valence-electron chi connectivity index (χ3n) is 3.37. The Balaban J connectivity index is 0.000000167. The Bertz CT molecular complexity index is 753.